The number of carboxylic acid groups (broad SMARTS) is 1. The third kappa shape index (κ3) is 5.56. The molecule has 2 rings (SSSR count). The summed E-state index contributed by atoms with van der Waals surface area (Å²) in [6.07, 6.45) is 3.57. The molecular formula is C19H28FNO3. The first-order valence-electron chi connectivity index (χ1n) is 8.68. The van der Waals surface area contributed by atoms with Crippen LogP contribution in [0, 0.1) is 17.7 Å². The number of β-amino-alcohol motifs (C(OH)–C–C–N with tert-alkyl or cyclic N) is 1. The Balaban J connectivity index is 1.80. The third-order valence-corrected chi connectivity index (χ3v) is 5.00. The zero-order valence-corrected chi connectivity index (χ0v) is 14.5. The van der Waals surface area contributed by atoms with Crippen LogP contribution in [-0.2, 0) is 4.79 Å². The highest BCUT2D eigenvalue weighted by molar-refractivity contribution is 5.69. The van der Waals surface area contributed by atoms with Crippen LogP contribution in [0.1, 0.15) is 57.6 Å². The second-order valence-corrected chi connectivity index (χ2v) is 7.60. The first kappa shape index (κ1) is 18.9. The fraction of sp³-hybridized carbons (Fsp3) is 0.632. The van der Waals surface area contributed by atoms with E-state index in [-0.39, 0.29) is 17.3 Å². The molecular weight excluding hydrogens is 309 g/mol. The molecule has 4 nitrogen and oxygen atoms in total. The Labute approximate surface area is 143 Å². The molecule has 1 aliphatic rings. The lowest BCUT2D eigenvalue weighted by molar-refractivity contribution is -0.143. The van der Waals surface area contributed by atoms with Crippen molar-refractivity contribution < 1.29 is 19.4 Å². The zero-order valence-electron chi connectivity index (χ0n) is 14.5. The fourth-order valence-electron chi connectivity index (χ4n) is 3.61. The smallest absolute Gasteiger partial charge is 0.306 e. The molecule has 1 saturated carbocycles. The second kappa shape index (κ2) is 8.08. The van der Waals surface area contributed by atoms with Crippen LogP contribution in [-0.4, -0.2) is 28.3 Å². The minimum Gasteiger partial charge on any atom is -0.481 e. The van der Waals surface area contributed by atoms with Gasteiger partial charge in [0, 0.05) is 12.1 Å². The van der Waals surface area contributed by atoms with Gasteiger partial charge < -0.3 is 15.5 Å². The molecule has 1 aromatic rings. The van der Waals surface area contributed by atoms with Gasteiger partial charge in [-0.3, -0.25) is 4.79 Å². The first-order valence-corrected chi connectivity index (χ1v) is 8.68. The van der Waals surface area contributed by atoms with Crippen LogP contribution in [0.3, 0.4) is 0 Å². The van der Waals surface area contributed by atoms with Crippen LogP contribution in [0.25, 0.3) is 0 Å². The zero-order chi connectivity index (χ0) is 17.7. The molecule has 3 N–H and O–H groups in total. The third-order valence-electron chi connectivity index (χ3n) is 5.00. The summed E-state index contributed by atoms with van der Waals surface area (Å²) >= 11 is 0. The number of carbonyl (C=O) groups is 1. The van der Waals surface area contributed by atoms with Gasteiger partial charge in [-0.15, -0.1) is 0 Å². The highest BCUT2D eigenvalue weighted by Crippen LogP contribution is 2.34. The standard InChI is InChI=1S/C19H28FNO3/c1-19(2,11-13-6-8-14(9-7-13)18(23)24)21-12-17(22)15-4-3-5-16(20)10-15/h3-5,10,13-14,17,21-22H,6-9,11-12H2,1-2H3,(H,23,24). The van der Waals surface area contributed by atoms with Crippen molar-refractivity contribution in [1.82, 2.24) is 5.32 Å². The van der Waals surface area contributed by atoms with E-state index in [1.807, 2.05) is 0 Å². The maximum Gasteiger partial charge on any atom is 0.306 e. The van der Waals surface area contributed by atoms with Gasteiger partial charge in [0.05, 0.1) is 12.0 Å². The van der Waals surface area contributed by atoms with Crippen molar-refractivity contribution in [3.05, 3.63) is 35.6 Å². The van der Waals surface area contributed by atoms with Crippen molar-refractivity contribution in [3.8, 4) is 0 Å². The van der Waals surface area contributed by atoms with Crippen molar-refractivity contribution in [2.24, 2.45) is 11.8 Å². The van der Waals surface area contributed by atoms with Gasteiger partial charge >= 0.3 is 5.97 Å². The number of benzene rings is 1. The lowest BCUT2D eigenvalue weighted by Gasteiger charge is -2.35. The molecule has 1 aromatic carbocycles. The predicted octanol–water partition coefficient (Wildman–Crippen LogP) is 3.51. The average molecular weight is 337 g/mol. The second-order valence-electron chi connectivity index (χ2n) is 7.60. The number of nitrogens with one attached hydrogen (secondary N) is 1. The number of aliphatic carboxylic acids is 1. The number of rotatable bonds is 7. The highest BCUT2D eigenvalue weighted by atomic mass is 19.1. The summed E-state index contributed by atoms with van der Waals surface area (Å²) in [7, 11) is 0. The van der Waals surface area contributed by atoms with Crippen molar-refractivity contribution in [2.45, 2.75) is 57.6 Å². The summed E-state index contributed by atoms with van der Waals surface area (Å²) in [5.41, 5.74) is 0.412. The van der Waals surface area contributed by atoms with Gasteiger partial charge in [-0.1, -0.05) is 12.1 Å². The van der Waals surface area contributed by atoms with Crippen LogP contribution in [0.5, 0.6) is 0 Å². The molecule has 0 bridgehead atoms. The van der Waals surface area contributed by atoms with Gasteiger partial charge in [0.25, 0.3) is 0 Å². The molecule has 0 radical (unpaired) electrons. The van der Waals surface area contributed by atoms with E-state index < -0.39 is 12.1 Å². The largest absolute Gasteiger partial charge is 0.481 e. The Hall–Kier alpha value is -1.46. The Morgan fingerprint density at radius 1 is 1.33 bits per heavy atom. The lowest BCUT2D eigenvalue weighted by atomic mass is 9.76. The molecule has 0 aliphatic heterocycles. The Bertz CT molecular complexity index is 553. The van der Waals surface area contributed by atoms with Crippen LogP contribution < -0.4 is 5.32 Å². The van der Waals surface area contributed by atoms with Crippen molar-refractivity contribution in [3.63, 3.8) is 0 Å². The van der Waals surface area contributed by atoms with E-state index in [1.54, 1.807) is 12.1 Å². The Kier molecular flexibility index (Phi) is 6.35. The SMILES string of the molecule is CC(C)(CC1CCC(C(=O)O)CC1)NCC(O)c1cccc(F)c1. The van der Waals surface area contributed by atoms with E-state index in [4.69, 9.17) is 5.11 Å². The van der Waals surface area contributed by atoms with Gasteiger partial charge in [0.2, 0.25) is 0 Å². The lowest BCUT2D eigenvalue weighted by Crippen LogP contribution is -2.43. The molecule has 0 saturated heterocycles. The molecule has 1 fully saturated rings. The maximum absolute atomic E-state index is 13.2. The van der Waals surface area contributed by atoms with Gasteiger partial charge in [-0.2, -0.15) is 0 Å². The number of hydrogen-bond acceptors (Lipinski definition) is 3. The number of aliphatic hydroxyl groups excluding tert-OH is 1. The Morgan fingerprint density at radius 3 is 2.58 bits per heavy atom. The molecule has 5 heteroatoms. The minimum atomic E-state index is -0.747. The van der Waals surface area contributed by atoms with Crippen LogP contribution in [0.4, 0.5) is 4.39 Å². The number of halogens is 1. The molecule has 134 valence electrons. The fourth-order valence-corrected chi connectivity index (χ4v) is 3.61. The van der Waals surface area contributed by atoms with E-state index in [0.29, 0.717) is 18.0 Å². The number of aliphatic hydroxyl groups is 1. The van der Waals surface area contributed by atoms with E-state index >= 15 is 0 Å². The van der Waals surface area contributed by atoms with Crippen molar-refractivity contribution in [2.75, 3.05) is 6.54 Å². The van der Waals surface area contributed by atoms with E-state index in [1.165, 1.54) is 12.1 Å². The number of carboxylic acids is 1. The summed E-state index contributed by atoms with van der Waals surface area (Å²) < 4.78 is 13.2. The summed E-state index contributed by atoms with van der Waals surface area (Å²) in [6.45, 7) is 4.55. The van der Waals surface area contributed by atoms with Crippen LogP contribution in [0.2, 0.25) is 0 Å². The van der Waals surface area contributed by atoms with Gasteiger partial charge in [0.1, 0.15) is 5.82 Å². The molecule has 0 aromatic heterocycles. The van der Waals surface area contributed by atoms with Crippen LogP contribution >= 0.6 is 0 Å². The summed E-state index contributed by atoms with van der Waals surface area (Å²) in [4.78, 5) is 11.0. The van der Waals surface area contributed by atoms with Gasteiger partial charge in [0.15, 0.2) is 0 Å². The molecule has 1 aliphatic carbocycles. The van der Waals surface area contributed by atoms with E-state index in [2.05, 4.69) is 19.2 Å². The molecule has 1 unspecified atom stereocenters. The quantitative estimate of drug-likeness (QED) is 0.712. The predicted molar refractivity (Wildman–Crippen MR) is 91.1 cm³/mol. The van der Waals surface area contributed by atoms with Crippen LogP contribution in [0.15, 0.2) is 24.3 Å². The summed E-state index contributed by atoms with van der Waals surface area (Å²) in [5, 5.41) is 22.6. The molecule has 0 heterocycles. The molecule has 24 heavy (non-hydrogen) atoms. The highest BCUT2D eigenvalue weighted by Gasteiger charge is 2.30. The molecule has 1 atom stereocenters. The van der Waals surface area contributed by atoms with Crippen molar-refractivity contribution >= 4 is 5.97 Å². The monoisotopic (exact) mass is 337 g/mol. The topological polar surface area (TPSA) is 69.6 Å². The summed E-state index contributed by atoms with van der Waals surface area (Å²) in [6, 6.07) is 6.03. The van der Waals surface area contributed by atoms with E-state index in [0.717, 1.165) is 32.1 Å². The molecule has 0 amide bonds. The summed E-state index contributed by atoms with van der Waals surface area (Å²) in [5.74, 6) is -0.702. The van der Waals surface area contributed by atoms with E-state index in [9.17, 15) is 14.3 Å². The maximum atomic E-state index is 13.2. The minimum absolute atomic E-state index is 0.158. The van der Waals surface area contributed by atoms with Crippen molar-refractivity contribution in [1.29, 1.82) is 0 Å². The Morgan fingerprint density at radius 2 is 2.00 bits per heavy atom. The number of hydrogen-bond donors (Lipinski definition) is 3. The van der Waals surface area contributed by atoms with Gasteiger partial charge in [-0.05, 0) is 69.6 Å². The van der Waals surface area contributed by atoms with Gasteiger partial charge in [-0.25, -0.2) is 4.39 Å². The average Bonchev–Trinajstić information content (AvgIpc) is 2.53. The molecule has 0 spiro atoms. The first-order chi connectivity index (χ1) is 11.3. The normalized spacial score (nSPS) is 23.0.